The van der Waals surface area contributed by atoms with E-state index >= 15 is 0 Å². The van der Waals surface area contributed by atoms with Gasteiger partial charge >= 0.3 is 0 Å². The van der Waals surface area contributed by atoms with E-state index in [9.17, 15) is 0 Å². The van der Waals surface area contributed by atoms with Gasteiger partial charge in [-0.2, -0.15) is 0 Å². The van der Waals surface area contributed by atoms with Crippen molar-refractivity contribution in [3.63, 3.8) is 0 Å². The van der Waals surface area contributed by atoms with Crippen LogP contribution < -0.4 is 5.73 Å². The van der Waals surface area contributed by atoms with Gasteiger partial charge in [0.15, 0.2) is 0 Å². The first-order chi connectivity index (χ1) is 6.84. The lowest BCUT2D eigenvalue weighted by Gasteiger charge is -2.18. The number of hydrogen-bond donors (Lipinski definition) is 1. The molecule has 2 N–H and O–H groups in total. The summed E-state index contributed by atoms with van der Waals surface area (Å²) < 4.78 is 0. The van der Waals surface area contributed by atoms with E-state index < -0.39 is 0 Å². The minimum absolute atomic E-state index is 0.446. The lowest BCUT2D eigenvalue weighted by Crippen LogP contribution is -2.29. The molecule has 14 heavy (non-hydrogen) atoms. The molecule has 3 nitrogen and oxygen atoms in total. The van der Waals surface area contributed by atoms with E-state index in [2.05, 4.69) is 9.80 Å². The number of likely N-dealkylation sites (tertiary alicyclic amines) is 2. The first-order valence-corrected chi connectivity index (χ1v) is 6.05. The molecule has 2 saturated heterocycles. The summed E-state index contributed by atoms with van der Waals surface area (Å²) in [6, 6.07) is 0.446. The Morgan fingerprint density at radius 1 is 1.00 bits per heavy atom. The predicted molar refractivity (Wildman–Crippen MR) is 59.3 cm³/mol. The first-order valence-electron chi connectivity index (χ1n) is 6.05. The quantitative estimate of drug-likeness (QED) is 0.712. The fraction of sp³-hybridized carbons (Fsp3) is 1.00. The summed E-state index contributed by atoms with van der Waals surface area (Å²) in [5, 5.41) is 0. The Kier molecular flexibility index (Phi) is 3.79. The molecular formula is C11H23N3. The van der Waals surface area contributed by atoms with Crippen LogP contribution in [0.5, 0.6) is 0 Å². The lowest BCUT2D eigenvalue weighted by atomic mass is 10.3. The van der Waals surface area contributed by atoms with E-state index in [4.69, 9.17) is 5.73 Å². The van der Waals surface area contributed by atoms with Crippen LogP contribution in [0.3, 0.4) is 0 Å². The normalized spacial score (nSPS) is 30.2. The third-order valence-electron chi connectivity index (χ3n) is 3.46. The molecule has 0 bridgehead atoms. The largest absolute Gasteiger partial charge is 0.326 e. The molecule has 0 aromatic carbocycles. The highest BCUT2D eigenvalue weighted by atomic mass is 15.2. The van der Waals surface area contributed by atoms with Crippen molar-refractivity contribution in [1.82, 2.24) is 9.80 Å². The maximum absolute atomic E-state index is 5.87. The Bertz CT molecular complexity index is 166. The maximum atomic E-state index is 5.87. The molecule has 1 unspecified atom stereocenters. The lowest BCUT2D eigenvalue weighted by molar-refractivity contribution is 0.279. The monoisotopic (exact) mass is 197 g/mol. The topological polar surface area (TPSA) is 32.5 Å². The van der Waals surface area contributed by atoms with Crippen LogP contribution in [-0.4, -0.2) is 55.1 Å². The van der Waals surface area contributed by atoms with Crippen LogP contribution in [0.25, 0.3) is 0 Å². The van der Waals surface area contributed by atoms with Gasteiger partial charge in [-0.05, 0) is 58.4 Å². The van der Waals surface area contributed by atoms with Gasteiger partial charge in [-0.3, -0.25) is 0 Å². The van der Waals surface area contributed by atoms with E-state index in [0.29, 0.717) is 6.04 Å². The summed E-state index contributed by atoms with van der Waals surface area (Å²) >= 11 is 0. The smallest absolute Gasteiger partial charge is 0.0180 e. The van der Waals surface area contributed by atoms with Crippen LogP contribution in [0.1, 0.15) is 25.7 Å². The second-order valence-corrected chi connectivity index (χ2v) is 4.75. The molecule has 2 rings (SSSR count). The van der Waals surface area contributed by atoms with Crippen molar-refractivity contribution >= 4 is 0 Å². The van der Waals surface area contributed by atoms with Crippen molar-refractivity contribution < 1.29 is 0 Å². The molecule has 0 aliphatic carbocycles. The van der Waals surface area contributed by atoms with Crippen LogP contribution in [0.2, 0.25) is 0 Å². The van der Waals surface area contributed by atoms with Crippen molar-refractivity contribution in [2.24, 2.45) is 5.73 Å². The van der Waals surface area contributed by atoms with E-state index in [0.717, 1.165) is 6.54 Å². The number of nitrogens with zero attached hydrogens (tertiary/aromatic N) is 2. The molecule has 2 aliphatic rings. The molecular weight excluding hydrogens is 174 g/mol. The molecule has 3 heteroatoms. The van der Waals surface area contributed by atoms with Crippen LogP contribution in [-0.2, 0) is 0 Å². The summed E-state index contributed by atoms with van der Waals surface area (Å²) in [5.41, 5.74) is 5.87. The Morgan fingerprint density at radius 3 is 2.36 bits per heavy atom. The van der Waals surface area contributed by atoms with E-state index in [1.807, 2.05) is 0 Å². The fourth-order valence-electron chi connectivity index (χ4n) is 2.59. The van der Waals surface area contributed by atoms with Crippen LogP contribution in [0.4, 0.5) is 0 Å². The standard InChI is InChI=1S/C11H23N3/c12-11-4-9-14(10-11)8-3-7-13-5-1-2-6-13/h11H,1-10,12H2. The zero-order chi connectivity index (χ0) is 9.80. The number of hydrogen-bond acceptors (Lipinski definition) is 3. The molecule has 0 aromatic heterocycles. The molecule has 0 radical (unpaired) electrons. The van der Waals surface area contributed by atoms with Crippen LogP contribution >= 0.6 is 0 Å². The second kappa shape index (κ2) is 5.10. The molecule has 1 atom stereocenters. The first kappa shape index (κ1) is 10.4. The Hall–Kier alpha value is -0.120. The number of nitrogens with two attached hydrogens (primary N) is 1. The molecule has 2 aliphatic heterocycles. The van der Waals surface area contributed by atoms with Gasteiger partial charge in [-0.25, -0.2) is 0 Å². The highest BCUT2D eigenvalue weighted by Gasteiger charge is 2.18. The zero-order valence-electron chi connectivity index (χ0n) is 9.12. The molecule has 0 spiro atoms. The average molecular weight is 197 g/mol. The summed E-state index contributed by atoms with van der Waals surface area (Å²) in [6.07, 6.45) is 5.35. The molecule has 0 aromatic rings. The van der Waals surface area contributed by atoms with Gasteiger partial charge in [0.1, 0.15) is 0 Å². The minimum atomic E-state index is 0.446. The molecule has 82 valence electrons. The van der Waals surface area contributed by atoms with Gasteiger partial charge in [-0.15, -0.1) is 0 Å². The summed E-state index contributed by atoms with van der Waals surface area (Å²) in [5.74, 6) is 0. The van der Waals surface area contributed by atoms with Crippen molar-refractivity contribution in [2.75, 3.05) is 39.3 Å². The minimum Gasteiger partial charge on any atom is -0.326 e. The van der Waals surface area contributed by atoms with Gasteiger partial charge in [0, 0.05) is 12.6 Å². The molecule has 2 heterocycles. The zero-order valence-corrected chi connectivity index (χ0v) is 9.12. The van der Waals surface area contributed by atoms with Crippen LogP contribution in [0.15, 0.2) is 0 Å². The second-order valence-electron chi connectivity index (χ2n) is 4.75. The fourth-order valence-corrected chi connectivity index (χ4v) is 2.59. The van der Waals surface area contributed by atoms with Crippen LogP contribution in [0, 0.1) is 0 Å². The number of rotatable bonds is 4. The molecule has 2 fully saturated rings. The van der Waals surface area contributed by atoms with Gasteiger partial charge < -0.3 is 15.5 Å². The Labute approximate surface area is 87.2 Å². The Morgan fingerprint density at radius 2 is 1.71 bits per heavy atom. The van der Waals surface area contributed by atoms with E-state index in [1.165, 1.54) is 58.4 Å². The van der Waals surface area contributed by atoms with Crippen molar-refractivity contribution in [1.29, 1.82) is 0 Å². The SMILES string of the molecule is NC1CCN(CCCN2CCCC2)C1. The van der Waals surface area contributed by atoms with Gasteiger partial charge in [-0.1, -0.05) is 0 Å². The van der Waals surface area contributed by atoms with Gasteiger partial charge in [0.25, 0.3) is 0 Å². The predicted octanol–water partition coefficient (Wildman–Crippen LogP) is 0.505. The van der Waals surface area contributed by atoms with Gasteiger partial charge in [0.05, 0.1) is 0 Å². The van der Waals surface area contributed by atoms with Crippen molar-refractivity contribution in [2.45, 2.75) is 31.7 Å². The summed E-state index contributed by atoms with van der Waals surface area (Å²) in [6.45, 7) is 7.57. The van der Waals surface area contributed by atoms with Crippen molar-refractivity contribution in [3.8, 4) is 0 Å². The highest BCUT2D eigenvalue weighted by Crippen LogP contribution is 2.10. The average Bonchev–Trinajstić information content (AvgIpc) is 2.77. The third kappa shape index (κ3) is 2.94. The summed E-state index contributed by atoms with van der Waals surface area (Å²) in [7, 11) is 0. The van der Waals surface area contributed by atoms with E-state index in [-0.39, 0.29) is 0 Å². The highest BCUT2D eigenvalue weighted by molar-refractivity contribution is 4.78. The molecule has 0 amide bonds. The Balaban J connectivity index is 1.54. The third-order valence-corrected chi connectivity index (χ3v) is 3.46. The summed E-state index contributed by atoms with van der Waals surface area (Å²) in [4.78, 5) is 5.11. The maximum Gasteiger partial charge on any atom is 0.0180 e. The van der Waals surface area contributed by atoms with E-state index in [1.54, 1.807) is 0 Å². The van der Waals surface area contributed by atoms with Gasteiger partial charge in [0.2, 0.25) is 0 Å². The van der Waals surface area contributed by atoms with Crippen molar-refractivity contribution in [3.05, 3.63) is 0 Å². The molecule has 0 saturated carbocycles.